The van der Waals surface area contributed by atoms with Gasteiger partial charge in [-0.15, -0.1) is 0 Å². The summed E-state index contributed by atoms with van der Waals surface area (Å²) in [6.45, 7) is 4.28. The number of hydrogen-bond acceptors (Lipinski definition) is 1. The van der Waals surface area contributed by atoms with Crippen molar-refractivity contribution in [2.24, 2.45) is 7.05 Å². The van der Waals surface area contributed by atoms with Gasteiger partial charge in [-0.25, -0.2) is 4.39 Å². The summed E-state index contributed by atoms with van der Waals surface area (Å²) in [6.07, 6.45) is 2.04. The number of halogens is 1. The standard InChI is InChI=1S/C22H17FNO/c1-12-9-14-5-4-6-18-20(14)19(13(12)2)21-22(25-18)17-10-16(23)8-7-15(17)11-24(21)3/h4-11H,1-3H3/q+1. The van der Waals surface area contributed by atoms with Crippen molar-refractivity contribution in [3.05, 3.63) is 65.6 Å². The van der Waals surface area contributed by atoms with Gasteiger partial charge in [-0.3, -0.25) is 0 Å². The minimum absolute atomic E-state index is 0.253. The smallest absolute Gasteiger partial charge is 0.257 e. The molecule has 2 heterocycles. The molecular weight excluding hydrogens is 313 g/mol. The maximum Gasteiger partial charge on any atom is 0.257 e. The molecule has 0 saturated carbocycles. The largest absolute Gasteiger partial charge is 0.449 e. The van der Waals surface area contributed by atoms with E-state index in [9.17, 15) is 4.39 Å². The first kappa shape index (κ1) is 14.4. The molecule has 122 valence electrons. The number of benzene rings is 3. The second-order valence-electron chi connectivity index (χ2n) is 6.80. The molecule has 4 aromatic rings. The molecule has 0 aliphatic carbocycles. The number of ether oxygens (including phenoxy) is 1. The molecule has 5 rings (SSSR count). The fourth-order valence-electron chi connectivity index (χ4n) is 3.94. The van der Waals surface area contributed by atoms with E-state index in [0.717, 1.165) is 33.4 Å². The van der Waals surface area contributed by atoms with Gasteiger partial charge in [-0.1, -0.05) is 18.2 Å². The van der Waals surface area contributed by atoms with Crippen LogP contribution in [0, 0.1) is 19.7 Å². The molecule has 1 aliphatic heterocycles. The maximum atomic E-state index is 13.9. The first-order valence-electron chi connectivity index (χ1n) is 8.37. The van der Waals surface area contributed by atoms with E-state index in [4.69, 9.17) is 4.74 Å². The van der Waals surface area contributed by atoms with Crippen LogP contribution in [0.2, 0.25) is 0 Å². The molecule has 0 amide bonds. The Kier molecular flexibility index (Phi) is 2.76. The Morgan fingerprint density at radius 1 is 1.00 bits per heavy atom. The minimum Gasteiger partial charge on any atom is -0.449 e. The summed E-state index contributed by atoms with van der Waals surface area (Å²) in [5.41, 5.74) is 4.66. The molecule has 1 aliphatic rings. The van der Waals surface area contributed by atoms with Gasteiger partial charge in [0.2, 0.25) is 5.75 Å². The second-order valence-corrected chi connectivity index (χ2v) is 6.80. The van der Waals surface area contributed by atoms with E-state index in [2.05, 4.69) is 30.5 Å². The number of nitrogens with zero attached hydrogens (tertiary/aromatic N) is 1. The van der Waals surface area contributed by atoms with Crippen LogP contribution in [0.15, 0.2) is 48.7 Å². The van der Waals surface area contributed by atoms with Gasteiger partial charge in [0.1, 0.15) is 18.6 Å². The Morgan fingerprint density at radius 2 is 1.84 bits per heavy atom. The lowest BCUT2D eigenvalue weighted by Crippen LogP contribution is -2.32. The lowest BCUT2D eigenvalue weighted by molar-refractivity contribution is -0.659. The third-order valence-corrected chi connectivity index (χ3v) is 5.26. The molecule has 1 aromatic heterocycles. The zero-order valence-corrected chi connectivity index (χ0v) is 14.4. The Morgan fingerprint density at radius 3 is 2.68 bits per heavy atom. The van der Waals surface area contributed by atoms with E-state index in [-0.39, 0.29) is 5.82 Å². The van der Waals surface area contributed by atoms with E-state index in [1.54, 1.807) is 12.1 Å². The molecular formula is C22H17FNO+. The quantitative estimate of drug-likeness (QED) is 0.349. The summed E-state index contributed by atoms with van der Waals surface area (Å²) in [5, 5.41) is 4.06. The van der Waals surface area contributed by atoms with Crippen molar-refractivity contribution in [3.63, 3.8) is 0 Å². The Hall–Kier alpha value is -2.94. The summed E-state index contributed by atoms with van der Waals surface area (Å²) >= 11 is 0. The second kappa shape index (κ2) is 4.79. The highest BCUT2D eigenvalue weighted by Gasteiger charge is 2.31. The minimum atomic E-state index is -0.253. The van der Waals surface area contributed by atoms with E-state index in [1.165, 1.54) is 28.1 Å². The van der Waals surface area contributed by atoms with Crippen molar-refractivity contribution in [2.75, 3.05) is 0 Å². The molecule has 0 bridgehead atoms. The Labute approximate surface area is 145 Å². The summed E-state index contributed by atoms with van der Waals surface area (Å²) < 4.78 is 22.3. The van der Waals surface area contributed by atoms with Gasteiger partial charge in [0.15, 0.2) is 6.20 Å². The van der Waals surface area contributed by atoms with Crippen LogP contribution in [0.5, 0.6) is 11.5 Å². The highest BCUT2D eigenvalue weighted by Crippen LogP contribution is 2.49. The highest BCUT2D eigenvalue weighted by atomic mass is 19.1. The number of pyridine rings is 1. The molecule has 0 fully saturated rings. The van der Waals surface area contributed by atoms with Crippen molar-refractivity contribution in [1.29, 1.82) is 0 Å². The number of hydrogen-bond donors (Lipinski definition) is 0. The van der Waals surface area contributed by atoms with Crippen molar-refractivity contribution in [3.8, 4) is 22.8 Å². The van der Waals surface area contributed by atoms with Gasteiger partial charge in [0, 0.05) is 16.2 Å². The maximum absolute atomic E-state index is 13.9. The van der Waals surface area contributed by atoms with E-state index >= 15 is 0 Å². The number of rotatable bonds is 0. The molecule has 0 unspecified atom stereocenters. The van der Waals surface area contributed by atoms with Crippen molar-refractivity contribution in [2.45, 2.75) is 13.8 Å². The summed E-state index contributed by atoms with van der Waals surface area (Å²) in [7, 11) is 2.02. The predicted molar refractivity (Wildman–Crippen MR) is 97.6 cm³/mol. The zero-order chi connectivity index (χ0) is 17.3. The number of fused-ring (bicyclic) bond motifs is 4. The topological polar surface area (TPSA) is 13.1 Å². The third kappa shape index (κ3) is 1.86. The molecule has 3 heteroatoms. The fourth-order valence-corrected chi connectivity index (χ4v) is 3.94. The molecule has 0 atom stereocenters. The van der Waals surface area contributed by atoms with Gasteiger partial charge >= 0.3 is 0 Å². The van der Waals surface area contributed by atoms with Gasteiger partial charge < -0.3 is 4.74 Å². The summed E-state index contributed by atoms with van der Waals surface area (Å²) in [4.78, 5) is 0. The summed E-state index contributed by atoms with van der Waals surface area (Å²) in [6, 6.07) is 13.2. The van der Waals surface area contributed by atoms with E-state index in [0.29, 0.717) is 0 Å². The first-order valence-corrected chi connectivity index (χ1v) is 8.37. The van der Waals surface area contributed by atoms with Crippen LogP contribution in [0.4, 0.5) is 4.39 Å². The van der Waals surface area contributed by atoms with Crippen LogP contribution in [-0.4, -0.2) is 0 Å². The van der Waals surface area contributed by atoms with Crippen LogP contribution in [0.3, 0.4) is 0 Å². The Bertz CT molecular complexity index is 1210. The average Bonchev–Trinajstić information content (AvgIpc) is 2.59. The molecule has 3 aromatic carbocycles. The number of aryl methyl sites for hydroxylation is 2. The average molecular weight is 330 g/mol. The first-order chi connectivity index (χ1) is 12.0. The lowest BCUT2D eigenvalue weighted by atomic mass is 9.90. The predicted octanol–water partition coefficient (Wildman–Crippen LogP) is 5.35. The van der Waals surface area contributed by atoms with Gasteiger partial charge in [-0.2, -0.15) is 4.57 Å². The molecule has 0 spiro atoms. The normalized spacial score (nSPS) is 12.3. The number of aromatic nitrogens is 1. The fraction of sp³-hybridized carbons (Fsp3) is 0.136. The molecule has 2 nitrogen and oxygen atoms in total. The van der Waals surface area contributed by atoms with Crippen LogP contribution in [0.25, 0.3) is 32.8 Å². The monoisotopic (exact) mass is 330 g/mol. The third-order valence-electron chi connectivity index (χ3n) is 5.26. The van der Waals surface area contributed by atoms with Crippen molar-refractivity contribution >= 4 is 21.5 Å². The van der Waals surface area contributed by atoms with Crippen LogP contribution >= 0.6 is 0 Å². The van der Waals surface area contributed by atoms with E-state index < -0.39 is 0 Å². The summed E-state index contributed by atoms with van der Waals surface area (Å²) in [5.74, 6) is 1.31. The van der Waals surface area contributed by atoms with Gasteiger partial charge in [0.25, 0.3) is 5.69 Å². The SMILES string of the molecule is Cc1cc2cccc3c2c(c1C)-c1c(c2cc(F)ccc2c[n+]1C)O3. The highest BCUT2D eigenvalue weighted by molar-refractivity contribution is 6.07. The molecule has 25 heavy (non-hydrogen) atoms. The Balaban J connectivity index is 2.04. The molecule has 0 N–H and O–H groups in total. The van der Waals surface area contributed by atoms with Crippen molar-refractivity contribution in [1.82, 2.24) is 0 Å². The lowest BCUT2D eigenvalue weighted by Gasteiger charge is -2.22. The van der Waals surface area contributed by atoms with Crippen LogP contribution < -0.4 is 9.30 Å². The van der Waals surface area contributed by atoms with E-state index in [1.807, 2.05) is 25.4 Å². The molecule has 0 radical (unpaired) electrons. The van der Waals surface area contributed by atoms with Gasteiger partial charge in [0.05, 0.1) is 5.56 Å². The zero-order valence-electron chi connectivity index (χ0n) is 14.4. The van der Waals surface area contributed by atoms with Crippen molar-refractivity contribution < 1.29 is 13.7 Å². The molecule has 0 saturated heterocycles. The van der Waals surface area contributed by atoms with Crippen LogP contribution in [-0.2, 0) is 7.05 Å². The van der Waals surface area contributed by atoms with Gasteiger partial charge in [-0.05, 0) is 54.6 Å². The van der Waals surface area contributed by atoms with Crippen LogP contribution in [0.1, 0.15) is 11.1 Å².